The van der Waals surface area contributed by atoms with Crippen molar-refractivity contribution >= 4 is 33.2 Å². The minimum atomic E-state index is -0.301. The molecule has 7 nitrogen and oxygen atoms in total. The molecule has 27 heavy (non-hydrogen) atoms. The molecule has 1 saturated heterocycles. The summed E-state index contributed by atoms with van der Waals surface area (Å²) in [5, 5.41) is 11.4. The molecule has 138 valence electrons. The van der Waals surface area contributed by atoms with Gasteiger partial charge in [-0.05, 0) is 30.3 Å². The average Bonchev–Trinajstić information content (AvgIpc) is 3.20. The van der Waals surface area contributed by atoms with Crippen LogP contribution in [-0.2, 0) is 4.74 Å². The van der Waals surface area contributed by atoms with Crippen LogP contribution in [0.5, 0.6) is 0 Å². The van der Waals surface area contributed by atoms with Gasteiger partial charge in [0.1, 0.15) is 0 Å². The molecule has 1 fully saturated rings. The molecule has 0 spiro atoms. The van der Waals surface area contributed by atoms with Crippen LogP contribution in [0.15, 0.2) is 59.2 Å². The summed E-state index contributed by atoms with van der Waals surface area (Å²) in [6, 6.07) is 15.3. The van der Waals surface area contributed by atoms with Crippen molar-refractivity contribution in [1.29, 1.82) is 0 Å². The van der Waals surface area contributed by atoms with Gasteiger partial charge in [0, 0.05) is 17.6 Å². The van der Waals surface area contributed by atoms with Crippen LogP contribution >= 0.6 is 15.9 Å². The van der Waals surface area contributed by atoms with Crippen molar-refractivity contribution in [2.24, 2.45) is 0 Å². The molecule has 0 saturated carbocycles. The lowest BCUT2D eigenvalue weighted by Gasteiger charge is -2.30. The SMILES string of the molecule is O=C(Nc1cc(Br)ccc1N1CCOCC1)c1cnn(-c2ccccc2)n1. The summed E-state index contributed by atoms with van der Waals surface area (Å²) in [6.45, 7) is 2.92. The van der Waals surface area contributed by atoms with E-state index in [0.29, 0.717) is 13.2 Å². The summed E-state index contributed by atoms with van der Waals surface area (Å²) in [4.78, 5) is 16.4. The van der Waals surface area contributed by atoms with Gasteiger partial charge in [-0.25, -0.2) is 0 Å². The minimum Gasteiger partial charge on any atom is -0.378 e. The number of carbonyl (C=O) groups is 1. The zero-order valence-corrected chi connectivity index (χ0v) is 16.1. The Balaban J connectivity index is 1.56. The van der Waals surface area contributed by atoms with Crippen LogP contribution in [0.25, 0.3) is 5.69 Å². The number of hydrogen-bond donors (Lipinski definition) is 1. The number of carbonyl (C=O) groups excluding carboxylic acids is 1. The summed E-state index contributed by atoms with van der Waals surface area (Å²) in [7, 11) is 0. The standard InChI is InChI=1S/C19H18BrN5O2/c20-14-6-7-18(24-8-10-27-11-9-24)16(12-14)22-19(26)17-13-21-25(23-17)15-4-2-1-3-5-15/h1-7,12-13H,8-11H2,(H,22,26). The van der Waals surface area contributed by atoms with Crippen LogP contribution in [0.4, 0.5) is 11.4 Å². The van der Waals surface area contributed by atoms with E-state index in [1.165, 1.54) is 11.0 Å². The number of para-hydroxylation sites is 1. The lowest BCUT2D eigenvalue weighted by atomic mass is 10.2. The third-order valence-electron chi connectivity index (χ3n) is 4.27. The highest BCUT2D eigenvalue weighted by Crippen LogP contribution is 2.30. The molecule has 8 heteroatoms. The second-order valence-electron chi connectivity index (χ2n) is 6.07. The first-order chi connectivity index (χ1) is 13.2. The van der Waals surface area contributed by atoms with Gasteiger partial charge < -0.3 is 15.0 Å². The maximum atomic E-state index is 12.7. The fraction of sp³-hybridized carbons (Fsp3) is 0.211. The zero-order chi connectivity index (χ0) is 18.6. The van der Waals surface area contributed by atoms with Crippen molar-refractivity contribution < 1.29 is 9.53 Å². The first kappa shape index (κ1) is 17.7. The fourth-order valence-corrected chi connectivity index (χ4v) is 3.29. The molecule has 1 aliphatic heterocycles. The van der Waals surface area contributed by atoms with Crippen LogP contribution in [0.2, 0.25) is 0 Å². The number of anilines is 2. The van der Waals surface area contributed by atoms with Crippen molar-refractivity contribution in [3.8, 4) is 5.69 Å². The molecule has 1 aliphatic rings. The molecule has 0 aliphatic carbocycles. The van der Waals surface area contributed by atoms with Crippen molar-refractivity contribution in [2.75, 3.05) is 36.5 Å². The van der Waals surface area contributed by atoms with E-state index in [1.54, 1.807) is 0 Å². The Morgan fingerprint density at radius 1 is 1.11 bits per heavy atom. The highest BCUT2D eigenvalue weighted by molar-refractivity contribution is 9.10. The predicted octanol–water partition coefficient (Wildman–Crippen LogP) is 3.12. The average molecular weight is 428 g/mol. The number of aromatic nitrogens is 3. The van der Waals surface area contributed by atoms with Crippen LogP contribution in [0.3, 0.4) is 0 Å². The van der Waals surface area contributed by atoms with Gasteiger partial charge in [0.25, 0.3) is 5.91 Å². The fourth-order valence-electron chi connectivity index (χ4n) is 2.93. The quantitative estimate of drug-likeness (QED) is 0.692. The Morgan fingerprint density at radius 3 is 2.67 bits per heavy atom. The smallest absolute Gasteiger partial charge is 0.277 e. The van der Waals surface area contributed by atoms with E-state index in [4.69, 9.17) is 4.74 Å². The molecule has 4 rings (SSSR count). The first-order valence-corrected chi connectivity index (χ1v) is 9.41. The Hall–Kier alpha value is -2.71. The number of nitrogens with zero attached hydrogens (tertiary/aromatic N) is 4. The maximum absolute atomic E-state index is 12.7. The summed E-state index contributed by atoms with van der Waals surface area (Å²) >= 11 is 3.47. The number of ether oxygens (including phenoxy) is 1. The predicted molar refractivity (Wildman–Crippen MR) is 106 cm³/mol. The van der Waals surface area contributed by atoms with E-state index in [0.717, 1.165) is 34.6 Å². The summed E-state index contributed by atoms with van der Waals surface area (Å²) in [5.41, 5.74) is 2.75. The molecule has 0 atom stereocenters. The Labute approximate surface area is 165 Å². The molecule has 1 amide bonds. The van der Waals surface area contributed by atoms with Gasteiger partial charge in [0.2, 0.25) is 0 Å². The van der Waals surface area contributed by atoms with Gasteiger partial charge in [0.05, 0.1) is 36.5 Å². The van der Waals surface area contributed by atoms with Crippen LogP contribution < -0.4 is 10.2 Å². The highest BCUT2D eigenvalue weighted by atomic mass is 79.9. The zero-order valence-electron chi connectivity index (χ0n) is 14.5. The van der Waals surface area contributed by atoms with Crippen molar-refractivity contribution in [3.05, 3.63) is 64.9 Å². The Kier molecular flexibility index (Phi) is 5.17. The number of rotatable bonds is 4. The summed E-state index contributed by atoms with van der Waals surface area (Å²) in [6.07, 6.45) is 1.47. The molecular weight excluding hydrogens is 410 g/mol. The number of benzene rings is 2. The van der Waals surface area contributed by atoms with Crippen LogP contribution in [-0.4, -0.2) is 47.2 Å². The largest absolute Gasteiger partial charge is 0.378 e. The van der Waals surface area contributed by atoms with E-state index in [-0.39, 0.29) is 11.6 Å². The third-order valence-corrected chi connectivity index (χ3v) is 4.76. The number of nitrogens with one attached hydrogen (secondary N) is 1. The molecule has 3 aromatic rings. The van der Waals surface area contributed by atoms with Gasteiger partial charge >= 0.3 is 0 Å². The first-order valence-electron chi connectivity index (χ1n) is 8.62. The van der Waals surface area contributed by atoms with Crippen molar-refractivity contribution in [2.45, 2.75) is 0 Å². The monoisotopic (exact) mass is 427 g/mol. The number of halogens is 1. The van der Waals surface area contributed by atoms with E-state index in [2.05, 4.69) is 36.3 Å². The summed E-state index contributed by atoms with van der Waals surface area (Å²) in [5.74, 6) is -0.301. The second kappa shape index (κ2) is 7.89. The van der Waals surface area contributed by atoms with Crippen molar-refractivity contribution in [3.63, 3.8) is 0 Å². The summed E-state index contributed by atoms with van der Waals surface area (Å²) < 4.78 is 6.31. The van der Waals surface area contributed by atoms with Gasteiger partial charge in [-0.15, -0.1) is 5.10 Å². The van der Waals surface area contributed by atoms with E-state index < -0.39 is 0 Å². The van der Waals surface area contributed by atoms with E-state index in [1.807, 2.05) is 48.5 Å². The number of amides is 1. The van der Waals surface area contributed by atoms with Crippen molar-refractivity contribution in [1.82, 2.24) is 15.0 Å². The van der Waals surface area contributed by atoms with Crippen LogP contribution in [0.1, 0.15) is 10.5 Å². The highest BCUT2D eigenvalue weighted by Gasteiger charge is 2.18. The molecule has 2 heterocycles. The molecule has 0 unspecified atom stereocenters. The lowest BCUT2D eigenvalue weighted by Crippen LogP contribution is -2.36. The molecule has 0 radical (unpaired) electrons. The normalized spacial score (nSPS) is 14.2. The van der Waals surface area contributed by atoms with E-state index >= 15 is 0 Å². The molecule has 1 aromatic heterocycles. The van der Waals surface area contributed by atoms with Crippen LogP contribution in [0, 0.1) is 0 Å². The molecule has 2 aromatic carbocycles. The second-order valence-corrected chi connectivity index (χ2v) is 6.99. The van der Waals surface area contributed by atoms with Gasteiger partial charge in [-0.2, -0.15) is 9.90 Å². The third kappa shape index (κ3) is 4.01. The van der Waals surface area contributed by atoms with Gasteiger partial charge in [-0.3, -0.25) is 4.79 Å². The Morgan fingerprint density at radius 2 is 1.89 bits per heavy atom. The molecule has 0 bridgehead atoms. The molecular formula is C19H18BrN5O2. The number of hydrogen-bond acceptors (Lipinski definition) is 5. The van der Waals surface area contributed by atoms with Gasteiger partial charge in [-0.1, -0.05) is 34.1 Å². The Bertz CT molecular complexity index is 938. The van der Waals surface area contributed by atoms with Gasteiger partial charge in [0.15, 0.2) is 5.69 Å². The van der Waals surface area contributed by atoms with E-state index in [9.17, 15) is 4.79 Å². The molecule has 1 N–H and O–H groups in total. The maximum Gasteiger partial charge on any atom is 0.277 e. The lowest BCUT2D eigenvalue weighted by molar-refractivity contribution is 0.102. The topological polar surface area (TPSA) is 72.3 Å². The minimum absolute atomic E-state index is 0.256. The number of morpholine rings is 1.